The molecular formula is C20H33N. The molecule has 21 heavy (non-hydrogen) atoms. The molecular weight excluding hydrogens is 254 g/mol. The molecule has 0 radical (unpaired) electrons. The number of aryl methyl sites for hydroxylation is 2. The van der Waals surface area contributed by atoms with Gasteiger partial charge in [-0.05, 0) is 87.9 Å². The standard InChI is InChI=1S/C20H33N/c1-15(2)11-17(14-21-20(3,4)5)12-16-9-10-18-7-6-8-19(18)13-16/h9-10,13,15,17,21H,6-8,11-12,14H2,1-5H3. The maximum atomic E-state index is 3.70. The third kappa shape index (κ3) is 5.47. The molecule has 1 aliphatic carbocycles. The van der Waals surface area contributed by atoms with Gasteiger partial charge in [0.2, 0.25) is 0 Å². The summed E-state index contributed by atoms with van der Waals surface area (Å²) in [7, 11) is 0. The second-order valence-corrected chi connectivity index (χ2v) is 8.29. The number of hydrogen-bond acceptors (Lipinski definition) is 1. The van der Waals surface area contributed by atoms with Crippen molar-refractivity contribution < 1.29 is 0 Å². The number of benzene rings is 1. The molecule has 1 aliphatic rings. The van der Waals surface area contributed by atoms with Crippen LogP contribution in [0.25, 0.3) is 0 Å². The van der Waals surface area contributed by atoms with Crippen LogP contribution in [0.3, 0.4) is 0 Å². The fourth-order valence-corrected chi connectivity index (χ4v) is 3.44. The Morgan fingerprint density at radius 1 is 1.10 bits per heavy atom. The summed E-state index contributed by atoms with van der Waals surface area (Å²) in [5.74, 6) is 1.51. The summed E-state index contributed by atoms with van der Waals surface area (Å²) >= 11 is 0. The average molecular weight is 287 g/mol. The van der Waals surface area contributed by atoms with E-state index in [1.165, 1.54) is 37.7 Å². The van der Waals surface area contributed by atoms with Crippen molar-refractivity contribution in [1.82, 2.24) is 5.32 Å². The molecule has 1 aromatic carbocycles. The number of nitrogens with one attached hydrogen (secondary N) is 1. The Morgan fingerprint density at radius 3 is 2.48 bits per heavy atom. The summed E-state index contributed by atoms with van der Waals surface area (Å²) < 4.78 is 0. The van der Waals surface area contributed by atoms with Crippen molar-refractivity contribution >= 4 is 0 Å². The molecule has 0 aliphatic heterocycles. The summed E-state index contributed by atoms with van der Waals surface area (Å²) in [6.45, 7) is 12.6. The zero-order valence-electron chi connectivity index (χ0n) is 14.6. The minimum absolute atomic E-state index is 0.215. The van der Waals surface area contributed by atoms with Crippen LogP contribution in [0.5, 0.6) is 0 Å². The predicted molar refractivity (Wildman–Crippen MR) is 92.9 cm³/mol. The van der Waals surface area contributed by atoms with Crippen molar-refractivity contribution in [3.8, 4) is 0 Å². The lowest BCUT2D eigenvalue weighted by molar-refractivity contribution is 0.331. The van der Waals surface area contributed by atoms with E-state index in [-0.39, 0.29) is 5.54 Å². The Bertz CT molecular complexity index is 453. The lowest BCUT2D eigenvalue weighted by atomic mass is 9.89. The maximum absolute atomic E-state index is 3.70. The zero-order valence-corrected chi connectivity index (χ0v) is 14.6. The molecule has 1 heteroatoms. The van der Waals surface area contributed by atoms with Gasteiger partial charge in [0, 0.05) is 5.54 Å². The lowest BCUT2D eigenvalue weighted by Gasteiger charge is -2.26. The van der Waals surface area contributed by atoms with E-state index in [0.29, 0.717) is 0 Å². The van der Waals surface area contributed by atoms with Gasteiger partial charge in [-0.3, -0.25) is 0 Å². The van der Waals surface area contributed by atoms with Gasteiger partial charge in [-0.25, -0.2) is 0 Å². The smallest absolute Gasteiger partial charge is 0.00966 e. The normalized spacial score (nSPS) is 16.3. The van der Waals surface area contributed by atoms with E-state index in [0.717, 1.165) is 18.4 Å². The molecule has 0 fully saturated rings. The van der Waals surface area contributed by atoms with Crippen LogP contribution < -0.4 is 5.32 Å². The molecule has 1 unspecified atom stereocenters. The molecule has 1 atom stereocenters. The zero-order chi connectivity index (χ0) is 15.5. The highest BCUT2D eigenvalue weighted by Crippen LogP contribution is 2.25. The fraction of sp³-hybridized carbons (Fsp3) is 0.700. The van der Waals surface area contributed by atoms with Gasteiger partial charge in [0.05, 0.1) is 0 Å². The number of hydrogen-bond donors (Lipinski definition) is 1. The van der Waals surface area contributed by atoms with Gasteiger partial charge >= 0.3 is 0 Å². The van der Waals surface area contributed by atoms with Gasteiger partial charge in [-0.15, -0.1) is 0 Å². The van der Waals surface area contributed by atoms with Gasteiger partial charge in [-0.2, -0.15) is 0 Å². The molecule has 1 nitrogen and oxygen atoms in total. The Kier molecular flexibility index (Phi) is 5.48. The van der Waals surface area contributed by atoms with Gasteiger partial charge in [0.15, 0.2) is 0 Å². The quantitative estimate of drug-likeness (QED) is 0.795. The average Bonchev–Trinajstić information content (AvgIpc) is 2.82. The second-order valence-electron chi connectivity index (χ2n) is 8.29. The van der Waals surface area contributed by atoms with E-state index in [1.54, 1.807) is 11.1 Å². The molecule has 0 saturated heterocycles. The Morgan fingerprint density at radius 2 is 1.81 bits per heavy atom. The molecule has 0 aromatic heterocycles. The highest BCUT2D eigenvalue weighted by Gasteiger charge is 2.17. The highest BCUT2D eigenvalue weighted by molar-refractivity contribution is 5.35. The van der Waals surface area contributed by atoms with Crippen molar-refractivity contribution in [3.05, 3.63) is 34.9 Å². The summed E-state index contributed by atoms with van der Waals surface area (Å²) in [5.41, 5.74) is 4.95. The highest BCUT2D eigenvalue weighted by atomic mass is 14.9. The summed E-state index contributed by atoms with van der Waals surface area (Å²) in [6.07, 6.45) is 6.45. The van der Waals surface area contributed by atoms with E-state index < -0.39 is 0 Å². The minimum atomic E-state index is 0.215. The molecule has 0 spiro atoms. The predicted octanol–water partition coefficient (Wildman–Crippen LogP) is 4.77. The van der Waals surface area contributed by atoms with Crippen molar-refractivity contribution in [3.63, 3.8) is 0 Å². The number of fused-ring (bicyclic) bond motifs is 1. The Hall–Kier alpha value is -0.820. The molecule has 0 amide bonds. The fourth-order valence-electron chi connectivity index (χ4n) is 3.44. The molecule has 118 valence electrons. The molecule has 1 aromatic rings. The molecule has 1 N–H and O–H groups in total. The Labute approximate surface area is 131 Å². The van der Waals surface area contributed by atoms with Crippen LogP contribution >= 0.6 is 0 Å². The first-order valence-electron chi connectivity index (χ1n) is 8.69. The Balaban J connectivity index is 2.00. The van der Waals surface area contributed by atoms with Crippen LogP contribution in [0.2, 0.25) is 0 Å². The van der Waals surface area contributed by atoms with Gasteiger partial charge < -0.3 is 5.32 Å². The van der Waals surface area contributed by atoms with Crippen LogP contribution in [0.15, 0.2) is 18.2 Å². The van der Waals surface area contributed by atoms with Gasteiger partial charge in [0.25, 0.3) is 0 Å². The lowest BCUT2D eigenvalue weighted by Crippen LogP contribution is -2.39. The SMILES string of the molecule is CC(C)CC(CNC(C)(C)C)Cc1ccc2c(c1)CCC2. The van der Waals surface area contributed by atoms with Crippen molar-refractivity contribution in [2.75, 3.05) is 6.54 Å². The van der Waals surface area contributed by atoms with Crippen LogP contribution in [0.4, 0.5) is 0 Å². The van der Waals surface area contributed by atoms with Crippen molar-refractivity contribution in [1.29, 1.82) is 0 Å². The monoisotopic (exact) mass is 287 g/mol. The van der Waals surface area contributed by atoms with Gasteiger partial charge in [-0.1, -0.05) is 32.0 Å². The van der Waals surface area contributed by atoms with E-state index in [4.69, 9.17) is 0 Å². The maximum Gasteiger partial charge on any atom is 0.00966 e. The summed E-state index contributed by atoms with van der Waals surface area (Å²) in [5, 5.41) is 3.70. The third-order valence-electron chi connectivity index (χ3n) is 4.41. The second kappa shape index (κ2) is 6.96. The molecule has 0 bridgehead atoms. The summed E-state index contributed by atoms with van der Waals surface area (Å²) in [6, 6.07) is 7.22. The van der Waals surface area contributed by atoms with Crippen LogP contribution in [0, 0.1) is 11.8 Å². The van der Waals surface area contributed by atoms with E-state index in [9.17, 15) is 0 Å². The first-order valence-corrected chi connectivity index (χ1v) is 8.69. The molecule has 0 heterocycles. The van der Waals surface area contributed by atoms with E-state index in [2.05, 4.69) is 58.1 Å². The molecule has 0 saturated carbocycles. The van der Waals surface area contributed by atoms with Crippen LogP contribution in [-0.2, 0) is 19.3 Å². The van der Waals surface area contributed by atoms with Crippen LogP contribution in [-0.4, -0.2) is 12.1 Å². The first kappa shape index (κ1) is 16.5. The van der Waals surface area contributed by atoms with Crippen LogP contribution in [0.1, 0.15) is 64.2 Å². The van der Waals surface area contributed by atoms with Crippen molar-refractivity contribution in [2.24, 2.45) is 11.8 Å². The van der Waals surface area contributed by atoms with Gasteiger partial charge in [0.1, 0.15) is 0 Å². The van der Waals surface area contributed by atoms with E-state index in [1.807, 2.05) is 0 Å². The number of rotatable bonds is 6. The first-order chi connectivity index (χ1) is 9.83. The third-order valence-corrected chi connectivity index (χ3v) is 4.41. The minimum Gasteiger partial charge on any atom is -0.312 e. The topological polar surface area (TPSA) is 12.0 Å². The van der Waals surface area contributed by atoms with E-state index >= 15 is 0 Å². The summed E-state index contributed by atoms with van der Waals surface area (Å²) in [4.78, 5) is 0. The van der Waals surface area contributed by atoms with Crippen molar-refractivity contribution in [2.45, 2.75) is 72.3 Å². The largest absolute Gasteiger partial charge is 0.312 e. The molecule has 2 rings (SSSR count).